The van der Waals surface area contributed by atoms with Gasteiger partial charge in [-0.05, 0) is 49.2 Å². The van der Waals surface area contributed by atoms with Gasteiger partial charge >= 0.3 is 0 Å². The van der Waals surface area contributed by atoms with Gasteiger partial charge in [-0.1, -0.05) is 12.1 Å². The smallest absolute Gasteiger partial charge is 0.119 e. The van der Waals surface area contributed by atoms with Crippen molar-refractivity contribution in [1.82, 2.24) is 5.32 Å². The average Bonchev–Trinajstić information content (AvgIpc) is 3.02. The van der Waals surface area contributed by atoms with Crippen molar-refractivity contribution in [3.8, 4) is 5.75 Å². The molecule has 2 aromatic heterocycles. The molecule has 0 bridgehead atoms. The molecule has 0 aliphatic rings. The fourth-order valence-corrected chi connectivity index (χ4v) is 4.61. The SMILES string of the molecule is CCOc1cccc(C(NC)c2cc3sccc3s2)c1. The van der Waals surface area contributed by atoms with Gasteiger partial charge in [-0.15, -0.1) is 22.7 Å². The Bertz CT molecular complexity index is 673. The molecule has 0 fully saturated rings. The van der Waals surface area contributed by atoms with Crippen molar-refractivity contribution in [1.29, 1.82) is 0 Å². The zero-order chi connectivity index (χ0) is 13.9. The van der Waals surface area contributed by atoms with Gasteiger partial charge in [-0.3, -0.25) is 0 Å². The summed E-state index contributed by atoms with van der Waals surface area (Å²) in [5.41, 5.74) is 1.24. The lowest BCUT2D eigenvalue weighted by Gasteiger charge is -2.16. The number of fused-ring (bicyclic) bond motifs is 1. The first-order valence-corrected chi connectivity index (χ1v) is 8.38. The molecule has 0 spiro atoms. The molecule has 0 saturated heterocycles. The first-order chi connectivity index (χ1) is 9.81. The van der Waals surface area contributed by atoms with Gasteiger partial charge in [0.15, 0.2) is 0 Å². The van der Waals surface area contributed by atoms with Gasteiger partial charge < -0.3 is 10.1 Å². The topological polar surface area (TPSA) is 21.3 Å². The molecule has 2 heterocycles. The van der Waals surface area contributed by atoms with Crippen molar-refractivity contribution in [2.24, 2.45) is 0 Å². The third kappa shape index (κ3) is 2.59. The van der Waals surface area contributed by atoms with E-state index in [1.807, 2.05) is 31.4 Å². The van der Waals surface area contributed by atoms with Crippen LogP contribution in [0.4, 0.5) is 0 Å². The quantitative estimate of drug-likeness (QED) is 0.739. The zero-order valence-corrected chi connectivity index (χ0v) is 13.2. The fourth-order valence-electron chi connectivity index (χ4n) is 2.35. The van der Waals surface area contributed by atoms with Crippen LogP contribution >= 0.6 is 22.7 Å². The van der Waals surface area contributed by atoms with Gasteiger partial charge in [-0.2, -0.15) is 0 Å². The predicted molar refractivity (Wildman–Crippen MR) is 88.2 cm³/mol. The summed E-state index contributed by atoms with van der Waals surface area (Å²) in [4.78, 5) is 1.35. The van der Waals surface area contributed by atoms with Gasteiger partial charge in [0.05, 0.1) is 12.6 Å². The number of thiophene rings is 2. The monoisotopic (exact) mass is 303 g/mol. The maximum atomic E-state index is 5.60. The maximum absolute atomic E-state index is 5.60. The van der Waals surface area contributed by atoms with Gasteiger partial charge in [0.1, 0.15) is 5.75 Å². The minimum atomic E-state index is 0.222. The second kappa shape index (κ2) is 5.95. The molecular weight excluding hydrogens is 286 g/mol. The summed E-state index contributed by atoms with van der Waals surface area (Å²) in [7, 11) is 2.01. The van der Waals surface area contributed by atoms with Crippen molar-refractivity contribution in [2.45, 2.75) is 13.0 Å². The van der Waals surface area contributed by atoms with Crippen LogP contribution in [0.1, 0.15) is 23.4 Å². The van der Waals surface area contributed by atoms with Crippen molar-refractivity contribution >= 4 is 32.1 Å². The standard InChI is InChI=1S/C16H17NOS2/c1-3-18-12-6-4-5-11(9-12)16(17-2)15-10-14-13(20-15)7-8-19-14/h4-10,16-17H,3H2,1-2H3. The predicted octanol–water partition coefficient (Wildman–Crippen LogP) is 4.67. The van der Waals surface area contributed by atoms with E-state index in [-0.39, 0.29) is 6.04 Å². The lowest BCUT2D eigenvalue weighted by Crippen LogP contribution is -2.16. The Balaban J connectivity index is 1.96. The lowest BCUT2D eigenvalue weighted by molar-refractivity contribution is 0.339. The highest BCUT2D eigenvalue weighted by Gasteiger charge is 2.16. The van der Waals surface area contributed by atoms with E-state index in [2.05, 4.69) is 41.0 Å². The van der Waals surface area contributed by atoms with Crippen LogP contribution in [0.5, 0.6) is 5.75 Å². The van der Waals surface area contributed by atoms with Gasteiger partial charge in [0.2, 0.25) is 0 Å². The van der Waals surface area contributed by atoms with E-state index in [1.54, 1.807) is 11.3 Å². The third-order valence-electron chi connectivity index (χ3n) is 3.23. The van der Waals surface area contributed by atoms with Crippen LogP contribution in [-0.2, 0) is 0 Å². The minimum absolute atomic E-state index is 0.222. The Labute approximate surface area is 127 Å². The molecule has 4 heteroatoms. The highest BCUT2D eigenvalue weighted by atomic mass is 32.1. The highest BCUT2D eigenvalue weighted by Crippen LogP contribution is 2.36. The lowest BCUT2D eigenvalue weighted by atomic mass is 10.1. The molecule has 3 rings (SSSR count). The third-order valence-corrected chi connectivity index (χ3v) is 5.39. The van der Waals surface area contributed by atoms with Crippen LogP contribution < -0.4 is 10.1 Å². The van der Waals surface area contributed by atoms with E-state index < -0.39 is 0 Å². The molecule has 0 aliphatic carbocycles. The summed E-state index contributed by atoms with van der Waals surface area (Å²) in [6, 6.07) is 13.0. The second-order valence-corrected chi connectivity index (χ2v) is 6.59. The Morgan fingerprint density at radius 2 is 2.10 bits per heavy atom. The molecule has 0 amide bonds. The second-order valence-electron chi connectivity index (χ2n) is 4.53. The van der Waals surface area contributed by atoms with Crippen LogP contribution in [0.15, 0.2) is 41.8 Å². The van der Waals surface area contributed by atoms with Crippen LogP contribution in [-0.4, -0.2) is 13.7 Å². The van der Waals surface area contributed by atoms with Crippen molar-refractivity contribution in [2.75, 3.05) is 13.7 Å². The minimum Gasteiger partial charge on any atom is -0.494 e. The molecule has 1 unspecified atom stereocenters. The van der Waals surface area contributed by atoms with Gasteiger partial charge in [0.25, 0.3) is 0 Å². The molecule has 1 aromatic carbocycles. The largest absolute Gasteiger partial charge is 0.494 e. The molecule has 0 saturated carbocycles. The molecule has 2 nitrogen and oxygen atoms in total. The number of rotatable bonds is 5. The summed E-state index contributed by atoms with van der Waals surface area (Å²) in [6.45, 7) is 2.71. The fraction of sp³-hybridized carbons (Fsp3) is 0.250. The Hall–Kier alpha value is -1.36. The van der Waals surface area contributed by atoms with E-state index in [1.165, 1.54) is 19.8 Å². The molecular formula is C16H17NOS2. The Kier molecular flexibility index (Phi) is 4.05. The van der Waals surface area contributed by atoms with Crippen LogP contribution in [0.3, 0.4) is 0 Å². The van der Waals surface area contributed by atoms with E-state index >= 15 is 0 Å². The number of benzene rings is 1. The van der Waals surface area contributed by atoms with Gasteiger partial charge in [-0.25, -0.2) is 0 Å². The van der Waals surface area contributed by atoms with Crippen LogP contribution in [0.2, 0.25) is 0 Å². The summed E-state index contributed by atoms with van der Waals surface area (Å²) >= 11 is 3.66. The number of nitrogens with one attached hydrogen (secondary N) is 1. The molecule has 1 atom stereocenters. The molecule has 0 radical (unpaired) electrons. The number of hydrogen-bond acceptors (Lipinski definition) is 4. The summed E-state index contributed by atoms with van der Waals surface area (Å²) < 4.78 is 8.33. The molecule has 0 aliphatic heterocycles. The molecule has 1 N–H and O–H groups in total. The summed E-state index contributed by atoms with van der Waals surface area (Å²) in [5, 5.41) is 5.56. The average molecular weight is 303 g/mol. The molecule has 20 heavy (non-hydrogen) atoms. The first kappa shape index (κ1) is 13.6. The van der Waals surface area contributed by atoms with E-state index in [9.17, 15) is 0 Å². The number of ether oxygens (including phenoxy) is 1. The summed E-state index contributed by atoms with van der Waals surface area (Å²) in [5.74, 6) is 0.934. The maximum Gasteiger partial charge on any atom is 0.119 e. The van der Waals surface area contributed by atoms with Crippen molar-refractivity contribution < 1.29 is 4.74 Å². The van der Waals surface area contributed by atoms with Crippen molar-refractivity contribution in [3.63, 3.8) is 0 Å². The number of hydrogen-bond donors (Lipinski definition) is 1. The van der Waals surface area contributed by atoms with Gasteiger partial charge in [0, 0.05) is 14.3 Å². The Morgan fingerprint density at radius 3 is 2.85 bits per heavy atom. The van der Waals surface area contributed by atoms with E-state index in [4.69, 9.17) is 4.74 Å². The van der Waals surface area contributed by atoms with E-state index in [0.29, 0.717) is 6.61 Å². The highest BCUT2D eigenvalue weighted by molar-refractivity contribution is 7.27. The first-order valence-electron chi connectivity index (χ1n) is 6.68. The van der Waals surface area contributed by atoms with Crippen molar-refractivity contribution in [3.05, 3.63) is 52.2 Å². The van der Waals surface area contributed by atoms with Crippen LogP contribution in [0, 0.1) is 0 Å². The normalized spacial score (nSPS) is 12.7. The van der Waals surface area contributed by atoms with Crippen LogP contribution in [0.25, 0.3) is 9.40 Å². The summed E-state index contributed by atoms with van der Waals surface area (Å²) in [6.07, 6.45) is 0. The molecule has 104 valence electrons. The molecule has 3 aromatic rings. The van der Waals surface area contributed by atoms with E-state index in [0.717, 1.165) is 5.75 Å². The Morgan fingerprint density at radius 1 is 1.20 bits per heavy atom. The zero-order valence-electron chi connectivity index (χ0n) is 11.6.